The second kappa shape index (κ2) is 5.78. The Kier molecular flexibility index (Phi) is 5.84. The fraction of sp³-hybridized carbons (Fsp3) is 1.00. The summed E-state index contributed by atoms with van der Waals surface area (Å²) in [6, 6.07) is 1.18. The number of nitrogens with two attached hydrogens (primary N) is 1. The van der Waals surface area contributed by atoms with E-state index in [4.69, 9.17) is 10.2 Å². The van der Waals surface area contributed by atoms with Crippen LogP contribution in [-0.4, -0.2) is 21.5 Å². The molecule has 0 radical (unpaired) electrons. The zero-order valence-electron chi connectivity index (χ0n) is 9.76. The van der Waals surface area contributed by atoms with Crippen LogP contribution in [0.2, 0.25) is 19.1 Å². The summed E-state index contributed by atoms with van der Waals surface area (Å²) in [5.74, 6) is 1.24. The highest BCUT2D eigenvalue weighted by molar-refractivity contribution is 6.71. The monoisotopic (exact) mass is 203 g/mol. The van der Waals surface area contributed by atoms with Gasteiger partial charge in [0.05, 0.1) is 0 Å². The van der Waals surface area contributed by atoms with Gasteiger partial charge in [-0.3, -0.25) is 0 Å². The predicted molar refractivity (Wildman–Crippen MR) is 61.3 cm³/mol. The highest BCUT2D eigenvalue weighted by atomic mass is 28.4. The van der Waals surface area contributed by atoms with E-state index < -0.39 is 8.32 Å². The van der Waals surface area contributed by atoms with E-state index >= 15 is 0 Å². The third kappa shape index (κ3) is 7.23. The molecule has 0 fully saturated rings. The second-order valence-electron chi connectivity index (χ2n) is 5.01. The van der Waals surface area contributed by atoms with E-state index in [1.54, 1.807) is 0 Å². The standard InChI is InChI=1S/C10H25NOSi/c1-9(2)7-12-13(4,5)8-10(3)6-11/h9-10H,6-8,11H2,1-5H3. The smallest absolute Gasteiger partial charge is 0.187 e. The van der Waals surface area contributed by atoms with Crippen molar-refractivity contribution in [2.75, 3.05) is 13.2 Å². The van der Waals surface area contributed by atoms with Gasteiger partial charge in [-0.1, -0.05) is 20.8 Å². The molecule has 0 aromatic heterocycles. The number of rotatable bonds is 6. The maximum atomic E-state index is 5.95. The van der Waals surface area contributed by atoms with E-state index in [0.29, 0.717) is 11.8 Å². The van der Waals surface area contributed by atoms with Crippen molar-refractivity contribution in [1.82, 2.24) is 0 Å². The third-order valence-electron chi connectivity index (χ3n) is 2.05. The van der Waals surface area contributed by atoms with Crippen LogP contribution < -0.4 is 5.73 Å². The zero-order valence-corrected chi connectivity index (χ0v) is 10.8. The topological polar surface area (TPSA) is 35.2 Å². The number of hydrogen-bond acceptors (Lipinski definition) is 2. The molecule has 1 unspecified atom stereocenters. The van der Waals surface area contributed by atoms with E-state index in [1.807, 2.05) is 0 Å². The molecular formula is C10H25NOSi. The van der Waals surface area contributed by atoms with Crippen LogP contribution in [0, 0.1) is 11.8 Å². The van der Waals surface area contributed by atoms with Crippen molar-refractivity contribution < 1.29 is 4.43 Å². The average molecular weight is 203 g/mol. The molecule has 0 aromatic carbocycles. The van der Waals surface area contributed by atoms with Gasteiger partial charge in [0.15, 0.2) is 8.32 Å². The molecule has 0 rings (SSSR count). The highest BCUT2D eigenvalue weighted by Crippen LogP contribution is 2.18. The van der Waals surface area contributed by atoms with E-state index in [-0.39, 0.29) is 0 Å². The van der Waals surface area contributed by atoms with Crippen LogP contribution in [0.4, 0.5) is 0 Å². The van der Waals surface area contributed by atoms with Crippen molar-refractivity contribution in [2.24, 2.45) is 17.6 Å². The SMILES string of the molecule is CC(C)CO[Si](C)(C)CC(C)CN. The lowest BCUT2D eigenvalue weighted by molar-refractivity contribution is 0.258. The molecule has 0 aliphatic carbocycles. The number of hydrogen-bond donors (Lipinski definition) is 1. The summed E-state index contributed by atoms with van der Waals surface area (Å²) in [4.78, 5) is 0. The van der Waals surface area contributed by atoms with Gasteiger partial charge >= 0.3 is 0 Å². The minimum absolute atomic E-state index is 0.605. The first-order valence-corrected chi connectivity index (χ1v) is 8.33. The lowest BCUT2D eigenvalue weighted by atomic mass is 10.2. The van der Waals surface area contributed by atoms with Crippen LogP contribution in [0.3, 0.4) is 0 Å². The average Bonchev–Trinajstić information content (AvgIpc) is 2.00. The fourth-order valence-electron chi connectivity index (χ4n) is 1.37. The van der Waals surface area contributed by atoms with Crippen molar-refractivity contribution in [2.45, 2.75) is 39.9 Å². The molecule has 0 aliphatic rings. The summed E-state index contributed by atoms with van der Waals surface area (Å²) in [5.41, 5.74) is 5.60. The minimum atomic E-state index is -1.43. The first-order valence-electron chi connectivity index (χ1n) is 5.21. The molecule has 0 bridgehead atoms. The van der Waals surface area contributed by atoms with Gasteiger partial charge in [-0.2, -0.15) is 0 Å². The summed E-state index contributed by atoms with van der Waals surface area (Å²) in [6.07, 6.45) is 0. The van der Waals surface area contributed by atoms with E-state index in [2.05, 4.69) is 33.9 Å². The molecule has 0 saturated heterocycles. The Balaban J connectivity index is 3.79. The molecule has 3 heteroatoms. The second-order valence-corrected chi connectivity index (χ2v) is 9.23. The minimum Gasteiger partial charge on any atom is -0.417 e. The largest absolute Gasteiger partial charge is 0.417 e. The van der Waals surface area contributed by atoms with Gasteiger partial charge in [0.1, 0.15) is 0 Å². The van der Waals surface area contributed by atoms with Gasteiger partial charge in [-0.15, -0.1) is 0 Å². The summed E-state index contributed by atoms with van der Waals surface area (Å²) in [6.45, 7) is 12.8. The van der Waals surface area contributed by atoms with E-state index in [0.717, 1.165) is 13.2 Å². The molecule has 0 amide bonds. The molecule has 80 valence electrons. The Bertz CT molecular complexity index is 137. The molecule has 2 N–H and O–H groups in total. The Labute approximate surface area is 84.0 Å². The molecule has 2 nitrogen and oxygen atoms in total. The first kappa shape index (κ1) is 13.1. The van der Waals surface area contributed by atoms with Gasteiger partial charge in [-0.25, -0.2) is 0 Å². The Hall–Kier alpha value is 0.137. The van der Waals surface area contributed by atoms with E-state index in [1.165, 1.54) is 6.04 Å². The first-order chi connectivity index (χ1) is 5.87. The van der Waals surface area contributed by atoms with Crippen LogP contribution in [0.25, 0.3) is 0 Å². The molecule has 0 heterocycles. The Morgan fingerprint density at radius 2 is 1.77 bits per heavy atom. The Morgan fingerprint density at radius 1 is 1.23 bits per heavy atom. The third-order valence-corrected chi connectivity index (χ3v) is 4.68. The molecular weight excluding hydrogens is 178 g/mol. The highest BCUT2D eigenvalue weighted by Gasteiger charge is 2.24. The fourth-order valence-corrected chi connectivity index (χ4v) is 4.12. The quantitative estimate of drug-likeness (QED) is 0.673. The lowest BCUT2D eigenvalue weighted by Crippen LogP contribution is -2.35. The van der Waals surface area contributed by atoms with Crippen LogP contribution >= 0.6 is 0 Å². The van der Waals surface area contributed by atoms with Crippen molar-refractivity contribution in [3.05, 3.63) is 0 Å². The van der Waals surface area contributed by atoms with Gasteiger partial charge in [-0.05, 0) is 37.5 Å². The molecule has 0 spiro atoms. The van der Waals surface area contributed by atoms with Gasteiger partial charge in [0.25, 0.3) is 0 Å². The molecule has 13 heavy (non-hydrogen) atoms. The van der Waals surface area contributed by atoms with Crippen molar-refractivity contribution in [1.29, 1.82) is 0 Å². The molecule has 1 atom stereocenters. The van der Waals surface area contributed by atoms with Crippen molar-refractivity contribution >= 4 is 8.32 Å². The van der Waals surface area contributed by atoms with Crippen LogP contribution in [0.1, 0.15) is 20.8 Å². The summed E-state index contributed by atoms with van der Waals surface area (Å²) < 4.78 is 5.95. The van der Waals surface area contributed by atoms with Crippen LogP contribution in [0.15, 0.2) is 0 Å². The van der Waals surface area contributed by atoms with E-state index in [9.17, 15) is 0 Å². The molecule has 0 aromatic rings. The van der Waals surface area contributed by atoms with Crippen LogP contribution in [-0.2, 0) is 4.43 Å². The normalized spacial score (nSPS) is 15.0. The predicted octanol–water partition coefficient (Wildman–Crippen LogP) is 2.46. The van der Waals surface area contributed by atoms with Gasteiger partial charge in [0.2, 0.25) is 0 Å². The van der Waals surface area contributed by atoms with Crippen molar-refractivity contribution in [3.63, 3.8) is 0 Å². The molecule has 0 saturated carbocycles. The Morgan fingerprint density at radius 3 is 2.15 bits per heavy atom. The van der Waals surface area contributed by atoms with Gasteiger partial charge in [0, 0.05) is 6.61 Å². The summed E-state index contributed by atoms with van der Waals surface area (Å²) in [7, 11) is -1.43. The summed E-state index contributed by atoms with van der Waals surface area (Å²) >= 11 is 0. The maximum absolute atomic E-state index is 5.95. The van der Waals surface area contributed by atoms with Crippen LogP contribution in [0.5, 0.6) is 0 Å². The molecule has 0 aliphatic heterocycles. The van der Waals surface area contributed by atoms with Crippen molar-refractivity contribution in [3.8, 4) is 0 Å². The maximum Gasteiger partial charge on any atom is 0.187 e. The van der Waals surface area contributed by atoms with Gasteiger partial charge < -0.3 is 10.2 Å². The zero-order chi connectivity index (χ0) is 10.5. The summed E-state index contributed by atoms with van der Waals surface area (Å²) in [5, 5.41) is 0. The lowest BCUT2D eigenvalue weighted by Gasteiger charge is -2.26.